The molecule has 0 bridgehead atoms. The molecule has 4 heteroatoms. The average molecular weight is 221 g/mol. The largest absolute Gasteiger partial charge is 0.384 e. The molecule has 3 N–H and O–H groups in total. The molecule has 0 aliphatic carbocycles. The summed E-state index contributed by atoms with van der Waals surface area (Å²) in [6.45, 7) is 3.96. The molecule has 2 atom stereocenters. The van der Waals surface area contributed by atoms with Crippen LogP contribution in [-0.2, 0) is 4.74 Å². The molecule has 1 aliphatic rings. The SMILES string of the molecule is CCC1OCCC1CNc1cccc(N)n1. The predicted molar refractivity (Wildman–Crippen MR) is 65.3 cm³/mol. The molecule has 0 spiro atoms. The molecular formula is C12H19N3O. The van der Waals surface area contributed by atoms with Crippen LogP contribution in [0.4, 0.5) is 11.6 Å². The highest BCUT2D eigenvalue weighted by molar-refractivity contribution is 5.42. The summed E-state index contributed by atoms with van der Waals surface area (Å²) in [5, 5.41) is 3.32. The van der Waals surface area contributed by atoms with E-state index in [1.807, 2.05) is 12.1 Å². The van der Waals surface area contributed by atoms with Crippen LogP contribution in [0.3, 0.4) is 0 Å². The van der Waals surface area contributed by atoms with Crippen LogP contribution in [0.2, 0.25) is 0 Å². The van der Waals surface area contributed by atoms with Gasteiger partial charge >= 0.3 is 0 Å². The van der Waals surface area contributed by atoms with Crippen molar-refractivity contribution in [2.45, 2.75) is 25.9 Å². The number of rotatable bonds is 4. The summed E-state index contributed by atoms with van der Waals surface area (Å²) in [6, 6.07) is 5.64. The van der Waals surface area contributed by atoms with Crippen LogP contribution in [0.1, 0.15) is 19.8 Å². The summed E-state index contributed by atoms with van der Waals surface area (Å²) >= 11 is 0. The second-order valence-electron chi connectivity index (χ2n) is 4.19. The maximum absolute atomic E-state index is 5.64. The number of ether oxygens (including phenoxy) is 1. The van der Waals surface area contributed by atoms with E-state index in [2.05, 4.69) is 17.2 Å². The van der Waals surface area contributed by atoms with Gasteiger partial charge in [0.2, 0.25) is 0 Å². The first-order chi connectivity index (χ1) is 7.79. The van der Waals surface area contributed by atoms with E-state index in [-0.39, 0.29) is 0 Å². The highest BCUT2D eigenvalue weighted by Crippen LogP contribution is 2.23. The van der Waals surface area contributed by atoms with E-state index in [4.69, 9.17) is 10.5 Å². The zero-order valence-electron chi connectivity index (χ0n) is 9.65. The van der Waals surface area contributed by atoms with Gasteiger partial charge in [0, 0.05) is 19.1 Å². The first-order valence-corrected chi connectivity index (χ1v) is 5.87. The van der Waals surface area contributed by atoms with Crippen molar-refractivity contribution in [2.24, 2.45) is 5.92 Å². The molecule has 0 radical (unpaired) electrons. The summed E-state index contributed by atoms with van der Waals surface area (Å²) in [5.74, 6) is 2.00. The molecule has 4 nitrogen and oxygen atoms in total. The summed E-state index contributed by atoms with van der Waals surface area (Å²) in [5.41, 5.74) is 5.62. The van der Waals surface area contributed by atoms with Crippen molar-refractivity contribution in [1.82, 2.24) is 4.98 Å². The zero-order chi connectivity index (χ0) is 11.4. The Labute approximate surface area is 96.2 Å². The number of anilines is 2. The van der Waals surface area contributed by atoms with Crippen LogP contribution >= 0.6 is 0 Å². The Hall–Kier alpha value is -1.29. The fourth-order valence-corrected chi connectivity index (χ4v) is 2.16. The Morgan fingerprint density at radius 2 is 2.44 bits per heavy atom. The summed E-state index contributed by atoms with van der Waals surface area (Å²) in [7, 11) is 0. The topological polar surface area (TPSA) is 60.2 Å². The molecule has 0 amide bonds. The Bertz CT molecular complexity index is 343. The monoisotopic (exact) mass is 221 g/mol. The van der Waals surface area contributed by atoms with Gasteiger partial charge in [0.1, 0.15) is 11.6 Å². The van der Waals surface area contributed by atoms with Crippen molar-refractivity contribution < 1.29 is 4.74 Å². The second-order valence-corrected chi connectivity index (χ2v) is 4.19. The van der Waals surface area contributed by atoms with Crippen molar-refractivity contribution in [3.63, 3.8) is 0 Å². The fourth-order valence-electron chi connectivity index (χ4n) is 2.16. The van der Waals surface area contributed by atoms with E-state index in [0.717, 1.165) is 31.8 Å². The minimum atomic E-state index is 0.397. The van der Waals surface area contributed by atoms with Gasteiger partial charge in [-0.2, -0.15) is 0 Å². The van der Waals surface area contributed by atoms with Crippen molar-refractivity contribution in [1.29, 1.82) is 0 Å². The number of nitrogens with one attached hydrogen (secondary N) is 1. The van der Waals surface area contributed by atoms with Gasteiger partial charge < -0.3 is 15.8 Å². The third-order valence-electron chi connectivity index (χ3n) is 3.06. The molecule has 2 unspecified atom stereocenters. The van der Waals surface area contributed by atoms with Gasteiger partial charge in [-0.25, -0.2) is 4.98 Å². The minimum Gasteiger partial charge on any atom is -0.384 e. The third-order valence-corrected chi connectivity index (χ3v) is 3.06. The first kappa shape index (κ1) is 11.2. The molecule has 2 rings (SSSR count). The van der Waals surface area contributed by atoms with Gasteiger partial charge in [-0.3, -0.25) is 0 Å². The smallest absolute Gasteiger partial charge is 0.128 e. The number of hydrogen-bond acceptors (Lipinski definition) is 4. The van der Waals surface area contributed by atoms with Crippen LogP contribution < -0.4 is 11.1 Å². The minimum absolute atomic E-state index is 0.397. The van der Waals surface area contributed by atoms with Gasteiger partial charge in [0.25, 0.3) is 0 Å². The van der Waals surface area contributed by atoms with E-state index in [0.29, 0.717) is 17.8 Å². The van der Waals surface area contributed by atoms with Gasteiger partial charge in [0.15, 0.2) is 0 Å². The molecule has 1 saturated heterocycles. The summed E-state index contributed by atoms with van der Waals surface area (Å²) in [6.07, 6.45) is 2.61. The van der Waals surface area contributed by atoms with Crippen LogP contribution in [-0.4, -0.2) is 24.2 Å². The Kier molecular flexibility index (Phi) is 3.62. The number of nitrogen functional groups attached to an aromatic ring is 1. The molecule has 0 saturated carbocycles. The summed E-state index contributed by atoms with van der Waals surface area (Å²) in [4.78, 5) is 4.21. The van der Waals surface area contributed by atoms with Crippen LogP contribution in [0.5, 0.6) is 0 Å². The summed E-state index contributed by atoms with van der Waals surface area (Å²) < 4.78 is 5.64. The van der Waals surface area contributed by atoms with Crippen molar-refractivity contribution >= 4 is 11.6 Å². The number of hydrogen-bond donors (Lipinski definition) is 2. The highest BCUT2D eigenvalue weighted by Gasteiger charge is 2.26. The second kappa shape index (κ2) is 5.16. The van der Waals surface area contributed by atoms with E-state index in [1.165, 1.54) is 0 Å². The van der Waals surface area contributed by atoms with E-state index >= 15 is 0 Å². The quantitative estimate of drug-likeness (QED) is 0.815. The Balaban J connectivity index is 1.87. The predicted octanol–water partition coefficient (Wildman–Crippen LogP) is 1.89. The molecule has 1 aromatic rings. The standard InChI is InChI=1S/C12H19N3O/c1-2-10-9(6-7-16-10)8-14-12-5-3-4-11(13)15-12/h3-5,9-10H,2,6-8H2,1H3,(H3,13,14,15). The first-order valence-electron chi connectivity index (χ1n) is 5.87. The number of nitrogens with zero attached hydrogens (tertiary/aromatic N) is 1. The highest BCUT2D eigenvalue weighted by atomic mass is 16.5. The number of pyridine rings is 1. The lowest BCUT2D eigenvalue weighted by molar-refractivity contribution is 0.0900. The van der Waals surface area contributed by atoms with E-state index in [9.17, 15) is 0 Å². The van der Waals surface area contributed by atoms with Crippen molar-refractivity contribution in [3.8, 4) is 0 Å². The maximum Gasteiger partial charge on any atom is 0.128 e. The lowest BCUT2D eigenvalue weighted by Crippen LogP contribution is -2.23. The maximum atomic E-state index is 5.64. The van der Waals surface area contributed by atoms with Gasteiger partial charge in [-0.05, 0) is 25.0 Å². The molecule has 1 aromatic heterocycles. The number of nitrogens with two attached hydrogens (primary N) is 1. The molecule has 16 heavy (non-hydrogen) atoms. The molecule has 0 aromatic carbocycles. The Morgan fingerprint density at radius 3 is 3.19 bits per heavy atom. The van der Waals surface area contributed by atoms with Crippen molar-refractivity contribution in [2.75, 3.05) is 24.2 Å². The molecule has 1 fully saturated rings. The third kappa shape index (κ3) is 2.64. The fraction of sp³-hybridized carbons (Fsp3) is 0.583. The zero-order valence-corrected chi connectivity index (χ0v) is 9.65. The molecule has 2 heterocycles. The van der Waals surface area contributed by atoms with E-state index < -0.39 is 0 Å². The van der Waals surface area contributed by atoms with Gasteiger partial charge in [-0.1, -0.05) is 13.0 Å². The molecule has 1 aliphatic heterocycles. The average Bonchev–Trinajstić information content (AvgIpc) is 2.74. The lowest BCUT2D eigenvalue weighted by Gasteiger charge is -2.17. The number of aromatic nitrogens is 1. The van der Waals surface area contributed by atoms with Crippen LogP contribution in [0.15, 0.2) is 18.2 Å². The van der Waals surface area contributed by atoms with Gasteiger partial charge in [-0.15, -0.1) is 0 Å². The Morgan fingerprint density at radius 1 is 1.56 bits per heavy atom. The van der Waals surface area contributed by atoms with E-state index in [1.54, 1.807) is 6.07 Å². The van der Waals surface area contributed by atoms with Gasteiger partial charge in [0.05, 0.1) is 6.10 Å². The van der Waals surface area contributed by atoms with Crippen LogP contribution in [0.25, 0.3) is 0 Å². The molecular weight excluding hydrogens is 202 g/mol. The molecule has 88 valence electrons. The van der Waals surface area contributed by atoms with Crippen molar-refractivity contribution in [3.05, 3.63) is 18.2 Å². The van der Waals surface area contributed by atoms with Crippen LogP contribution in [0, 0.1) is 5.92 Å². The normalized spacial score (nSPS) is 24.6. The lowest BCUT2D eigenvalue weighted by atomic mass is 10.00.